The Balaban J connectivity index is 0.00000372. The van der Waals surface area contributed by atoms with Gasteiger partial charge in [0.25, 0.3) is 0 Å². The first-order chi connectivity index (χ1) is 21.7. The molecule has 0 saturated carbocycles. The van der Waals surface area contributed by atoms with E-state index in [9.17, 15) is 5.53 Å². The Bertz CT molecular complexity index is 1100. The summed E-state index contributed by atoms with van der Waals surface area (Å²) >= 11 is 0. The van der Waals surface area contributed by atoms with Gasteiger partial charge in [0.15, 0.2) is 0 Å². The summed E-state index contributed by atoms with van der Waals surface area (Å²) in [6, 6.07) is 17.8. The monoisotopic (exact) mass is 656 g/mol. The summed E-state index contributed by atoms with van der Waals surface area (Å²) in [5.41, 5.74) is 19.8. The van der Waals surface area contributed by atoms with Crippen LogP contribution in [0.25, 0.3) is 16.9 Å². The summed E-state index contributed by atoms with van der Waals surface area (Å²) in [6.07, 6.45) is 26.2. The van der Waals surface area contributed by atoms with Crippen molar-refractivity contribution in [2.24, 2.45) is 0 Å². The van der Waals surface area contributed by atoms with Gasteiger partial charge in [-0.3, -0.25) is 0 Å². The van der Waals surface area contributed by atoms with Gasteiger partial charge in [0.05, 0.1) is 0 Å². The standard InChI is InChI=1S/C38H56N2.2C2H5.Ni/c1-4-7-10-13-15-17-22-32-24-20-27-34(29-32)37-31-36(26-19-12-9-6-3)38(40(37)39)35-28-21-25-33(30-35)23-18-16-14-11-8-5-2;2*1-2;/h20-21,24-25,27-31H,4-19,22-23,26H2,1-3H3;2*1H2,2H3;/q;2*-1;+2. The zero-order chi connectivity index (χ0) is 32.4. The van der Waals surface area contributed by atoms with Crippen LogP contribution in [0.15, 0.2) is 60.2 Å². The van der Waals surface area contributed by atoms with Gasteiger partial charge >= 0.3 is 16.5 Å². The summed E-state index contributed by atoms with van der Waals surface area (Å²) in [5, 5.41) is 0. The van der Waals surface area contributed by atoms with Crippen LogP contribution in [0.3, 0.4) is 0 Å². The predicted molar refractivity (Wildman–Crippen MR) is 196 cm³/mol. The van der Waals surface area contributed by atoms with Crippen molar-refractivity contribution >= 4 is 11.4 Å². The van der Waals surface area contributed by atoms with Crippen LogP contribution in [0.5, 0.6) is 0 Å². The van der Waals surface area contributed by atoms with E-state index in [-0.39, 0.29) is 16.5 Å². The van der Waals surface area contributed by atoms with Crippen LogP contribution in [0.4, 0.5) is 0 Å². The van der Waals surface area contributed by atoms with E-state index in [1.54, 1.807) is 13.8 Å². The van der Waals surface area contributed by atoms with Gasteiger partial charge in [0.2, 0.25) is 11.4 Å². The van der Waals surface area contributed by atoms with Gasteiger partial charge in [-0.15, -0.1) is 0 Å². The van der Waals surface area contributed by atoms with Crippen molar-refractivity contribution in [2.75, 3.05) is 0 Å². The van der Waals surface area contributed by atoms with Crippen LogP contribution in [0.2, 0.25) is 0 Å². The van der Waals surface area contributed by atoms with Crippen LogP contribution >= 0.6 is 0 Å². The summed E-state index contributed by atoms with van der Waals surface area (Å²) in [7, 11) is 0. The number of aryl methyl sites for hydroxylation is 2. The summed E-state index contributed by atoms with van der Waals surface area (Å²) in [5.74, 6) is 0. The Morgan fingerprint density at radius 3 is 1.44 bits per heavy atom. The van der Waals surface area contributed by atoms with E-state index >= 15 is 0 Å². The number of unbranched alkanes of at least 4 members (excludes halogenated alkanes) is 13. The first-order valence-corrected chi connectivity index (χ1v) is 18.2. The van der Waals surface area contributed by atoms with Crippen molar-refractivity contribution in [2.45, 2.75) is 157 Å². The molecule has 0 radical (unpaired) electrons. The fraction of sp³-hybridized carbons (Fsp3) is 0.571. The van der Waals surface area contributed by atoms with E-state index in [4.69, 9.17) is 0 Å². The third-order valence-electron chi connectivity index (χ3n) is 8.42. The van der Waals surface area contributed by atoms with E-state index in [2.05, 4.69) is 89.2 Å². The van der Waals surface area contributed by atoms with Crippen LogP contribution in [-0.2, 0) is 29.3 Å². The zero-order valence-electron chi connectivity index (χ0n) is 29.8. The van der Waals surface area contributed by atoms with Crippen molar-refractivity contribution in [3.05, 3.63) is 102 Å². The van der Waals surface area contributed by atoms with E-state index in [1.807, 2.05) is 0 Å². The molecule has 0 aliphatic carbocycles. The SMILES string of the molecule is CCCCCCCCc1cccc(C2=CC(CCCCCC)=C(c3cccc(CCCCCCCC)c3)[N+]2=[N-])c1.[CH2-]C.[CH2-]C.[Ni+2]. The molecule has 0 amide bonds. The second kappa shape index (κ2) is 28.3. The van der Waals surface area contributed by atoms with Crippen LogP contribution in [-0.4, -0.2) is 4.70 Å². The molecular formula is C42H66N2Ni. The average molecular weight is 658 g/mol. The van der Waals surface area contributed by atoms with Crippen molar-refractivity contribution < 1.29 is 21.2 Å². The summed E-state index contributed by atoms with van der Waals surface area (Å²) < 4.78 is 1.49. The second-order valence-electron chi connectivity index (χ2n) is 12.0. The molecule has 0 atom stereocenters. The molecule has 0 fully saturated rings. The van der Waals surface area contributed by atoms with Gasteiger partial charge in [-0.2, -0.15) is 13.8 Å². The third-order valence-corrected chi connectivity index (χ3v) is 8.42. The maximum absolute atomic E-state index is 11.6. The van der Waals surface area contributed by atoms with E-state index in [0.717, 1.165) is 41.8 Å². The number of hydrogen-bond donors (Lipinski definition) is 0. The van der Waals surface area contributed by atoms with Gasteiger partial charge in [-0.05, 0) is 73.9 Å². The quantitative estimate of drug-likeness (QED) is 0.0553. The smallest absolute Gasteiger partial charge is 0.493 e. The van der Waals surface area contributed by atoms with E-state index in [1.165, 1.54) is 124 Å². The van der Waals surface area contributed by atoms with Gasteiger partial charge in [-0.25, -0.2) is 4.70 Å². The minimum atomic E-state index is 0. The van der Waals surface area contributed by atoms with Crippen molar-refractivity contribution in [1.82, 2.24) is 0 Å². The number of allylic oxidation sites excluding steroid dienone is 2. The Hall–Kier alpha value is -1.99. The van der Waals surface area contributed by atoms with Gasteiger partial charge in [-0.1, -0.05) is 129 Å². The summed E-state index contributed by atoms with van der Waals surface area (Å²) in [4.78, 5) is 0. The fourth-order valence-electron chi connectivity index (χ4n) is 5.98. The molecule has 0 spiro atoms. The molecular weight excluding hydrogens is 591 g/mol. The molecule has 2 aromatic carbocycles. The van der Waals surface area contributed by atoms with Crippen molar-refractivity contribution in [3.8, 4) is 0 Å². The molecule has 2 nitrogen and oxygen atoms in total. The molecule has 0 unspecified atom stereocenters. The maximum Gasteiger partial charge on any atom is 2.00 e. The molecule has 0 aromatic heterocycles. The first kappa shape index (κ1) is 43.0. The molecule has 0 saturated heterocycles. The van der Waals surface area contributed by atoms with Gasteiger partial charge in [0.1, 0.15) is 0 Å². The number of benzene rings is 2. The molecule has 3 heteroatoms. The number of rotatable bonds is 21. The van der Waals surface area contributed by atoms with Crippen molar-refractivity contribution in [1.29, 1.82) is 0 Å². The Kier molecular flexibility index (Phi) is 27.0. The molecule has 45 heavy (non-hydrogen) atoms. The largest absolute Gasteiger partial charge is 2.00 e. The molecule has 1 aliphatic heterocycles. The molecule has 3 rings (SSSR count). The Morgan fingerprint density at radius 2 is 0.933 bits per heavy atom. The van der Waals surface area contributed by atoms with Gasteiger partial charge < -0.3 is 19.4 Å². The van der Waals surface area contributed by atoms with Crippen molar-refractivity contribution in [3.63, 3.8) is 0 Å². The Labute approximate surface area is 290 Å². The molecule has 2 aromatic rings. The summed E-state index contributed by atoms with van der Waals surface area (Å²) in [6.45, 7) is 16.8. The molecule has 1 aliphatic rings. The van der Waals surface area contributed by atoms with Crippen LogP contribution < -0.4 is 0 Å². The minimum absolute atomic E-state index is 0. The first-order valence-electron chi connectivity index (χ1n) is 18.2. The number of nitrogens with zero attached hydrogens (tertiary/aromatic N) is 2. The molecule has 254 valence electrons. The number of hydrogen-bond acceptors (Lipinski definition) is 0. The zero-order valence-corrected chi connectivity index (χ0v) is 30.7. The second-order valence-corrected chi connectivity index (χ2v) is 12.0. The minimum Gasteiger partial charge on any atom is -0.493 e. The predicted octanol–water partition coefficient (Wildman–Crippen LogP) is 13.9. The van der Waals surface area contributed by atoms with E-state index in [0.29, 0.717) is 0 Å². The van der Waals surface area contributed by atoms with Crippen LogP contribution in [0.1, 0.15) is 166 Å². The van der Waals surface area contributed by atoms with Gasteiger partial charge in [0, 0.05) is 22.8 Å². The molecule has 0 N–H and O–H groups in total. The van der Waals surface area contributed by atoms with E-state index < -0.39 is 0 Å². The molecule has 1 heterocycles. The topological polar surface area (TPSA) is 25.3 Å². The maximum atomic E-state index is 11.6. The normalized spacial score (nSPS) is 12.2. The third kappa shape index (κ3) is 16.4. The van der Waals surface area contributed by atoms with Crippen LogP contribution in [0, 0.1) is 13.8 Å². The fourth-order valence-corrected chi connectivity index (χ4v) is 5.98. The average Bonchev–Trinajstić information content (AvgIpc) is 3.40. The Morgan fingerprint density at radius 1 is 0.533 bits per heavy atom. The molecule has 0 bridgehead atoms.